The van der Waals surface area contributed by atoms with E-state index in [0.717, 1.165) is 17.0 Å². The van der Waals surface area contributed by atoms with Crippen LogP contribution >= 0.6 is 0 Å². The Bertz CT molecular complexity index is 759. The Morgan fingerprint density at radius 2 is 1.81 bits per heavy atom. The van der Waals surface area contributed by atoms with Gasteiger partial charge in [0.25, 0.3) is 5.91 Å². The van der Waals surface area contributed by atoms with Crippen molar-refractivity contribution >= 4 is 17.3 Å². The number of hydrogen-bond donors (Lipinski definition) is 0. The molecule has 1 aliphatic rings. The zero-order valence-electron chi connectivity index (χ0n) is 11.5. The van der Waals surface area contributed by atoms with Crippen LogP contribution in [0.15, 0.2) is 59.6 Å². The maximum absolute atomic E-state index is 12.7. The predicted molar refractivity (Wildman–Crippen MR) is 81.3 cm³/mol. The van der Waals surface area contributed by atoms with Gasteiger partial charge >= 0.3 is 0 Å². The van der Waals surface area contributed by atoms with Gasteiger partial charge in [0.1, 0.15) is 6.07 Å². The first-order chi connectivity index (χ1) is 10.2. The number of para-hydroxylation sites is 1. The summed E-state index contributed by atoms with van der Waals surface area (Å²) < 4.78 is 0. The fourth-order valence-corrected chi connectivity index (χ4v) is 2.46. The quantitative estimate of drug-likeness (QED) is 0.803. The van der Waals surface area contributed by atoms with E-state index in [4.69, 9.17) is 0 Å². The van der Waals surface area contributed by atoms with Gasteiger partial charge in [-0.05, 0) is 25.1 Å². The number of aliphatic imine (C=N–C) groups is 1. The number of carbonyl (C=O) groups excluding carboxylic acids is 1. The van der Waals surface area contributed by atoms with Gasteiger partial charge in [-0.2, -0.15) is 5.26 Å². The van der Waals surface area contributed by atoms with E-state index in [1.807, 2.05) is 37.3 Å². The molecule has 1 aliphatic heterocycles. The number of amides is 1. The number of anilines is 1. The molecule has 0 saturated heterocycles. The molecule has 0 radical (unpaired) electrons. The average molecular weight is 275 g/mol. The van der Waals surface area contributed by atoms with Gasteiger partial charge in [0.2, 0.25) is 6.17 Å². The molecule has 0 fully saturated rings. The third kappa shape index (κ3) is 2.19. The number of fused-ring (bicyclic) bond motifs is 1. The van der Waals surface area contributed by atoms with Gasteiger partial charge in [0, 0.05) is 16.8 Å². The normalized spacial score (nSPS) is 16.7. The summed E-state index contributed by atoms with van der Waals surface area (Å²) in [5.41, 5.74) is 2.93. The monoisotopic (exact) mass is 275 g/mol. The van der Waals surface area contributed by atoms with E-state index >= 15 is 0 Å². The Morgan fingerprint density at radius 1 is 1.14 bits per heavy atom. The molecule has 3 rings (SSSR count). The number of hydrogen-bond acceptors (Lipinski definition) is 3. The number of nitrogens with zero attached hydrogens (tertiary/aromatic N) is 3. The Kier molecular flexibility index (Phi) is 3.25. The lowest BCUT2D eigenvalue weighted by Gasteiger charge is -2.31. The Labute approximate surface area is 123 Å². The minimum Gasteiger partial charge on any atom is -0.272 e. The molecule has 4 heteroatoms. The lowest BCUT2D eigenvalue weighted by molar-refractivity contribution is 0.0982. The van der Waals surface area contributed by atoms with Crippen molar-refractivity contribution in [1.29, 1.82) is 5.26 Å². The average Bonchev–Trinajstić information content (AvgIpc) is 2.55. The van der Waals surface area contributed by atoms with Crippen molar-refractivity contribution < 1.29 is 4.79 Å². The lowest BCUT2D eigenvalue weighted by atomic mass is 10.0. The molecule has 1 heterocycles. The first-order valence-corrected chi connectivity index (χ1v) is 6.64. The molecule has 0 aromatic heterocycles. The molecule has 0 aliphatic carbocycles. The summed E-state index contributed by atoms with van der Waals surface area (Å²) in [6.45, 7) is 1.85. The van der Waals surface area contributed by atoms with Gasteiger partial charge in [-0.25, -0.2) is 4.99 Å². The lowest BCUT2D eigenvalue weighted by Crippen LogP contribution is -2.42. The van der Waals surface area contributed by atoms with Crippen molar-refractivity contribution in [3.8, 4) is 6.07 Å². The van der Waals surface area contributed by atoms with E-state index in [1.54, 1.807) is 24.3 Å². The third-order valence-corrected chi connectivity index (χ3v) is 3.47. The third-order valence-electron chi connectivity index (χ3n) is 3.47. The van der Waals surface area contributed by atoms with Crippen LogP contribution in [-0.2, 0) is 0 Å². The molecular weight excluding hydrogens is 262 g/mol. The van der Waals surface area contributed by atoms with E-state index in [9.17, 15) is 10.1 Å². The largest absolute Gasteiger partial charge is 0.272 e. The highest BCUT2D eigenvalue weighted by Gasteiger charge is 2.31. The molecule has 0 N–H and O–H groups in total. The topological polar surface area (TPSA) is 56.5 Å². The molecule has 102 valence electrons. The molecule has 21 heavy (non-hydrogen) atoms. The van der Waals surface area contributed by atoms with Crippen molar-refractivity contribution in [2.24, 2.45) is 4.99 Å². The highest BCUT2D eigenvalue weighted by Crippen LogP contribution is 2.29. The van der Waals surface area contributed by atoms with Crippen LogP contribution in [-0.4, -0.2) is 17.8 Å². The summed E-state index contributed by atoms with van der Waals surface area (Å²) >= 11 is 0. The van der Waals surface area contributed by atoms with Crippen molar-refractivity contribution in [2.75, 3.05) is 4.90 Å². The molecule has 0 saturated carbocycles. The van der Waals surface area contributed by atoms with Crippen LogP contribution in [0.2, 0.25) is 0 Å². The summed E-state index contributed by atoms with van der Waals surface area (Å²) in [7, 11) is 0. The summed E-state index contributed by atoms with van der Waals surface area (Å²) in [4.78, 5) is 18.5. The van der Waals surface area contributed by atoms with Crippen LogP contribution in [0.5, 0.6) is 0 Å². The van der Waals surface area contributed by atoms with E-state index in [-0.39, 0.29) is 5.91 Å². The zero-order chi connectivity index (χ0) is 14.8. The maximum atomic E-state index is 12.7. The van der Waals surface area contributed by atoms with Gasteiger partial charge in [-0.15, -0.1) is 0 Å². The summed E-state index contributed by atoms with van der Waals surface area (Å²) in [5.74, 6) is -0.217. The van der Waals surface area contributed by atoms with Crippen LogP contribution in [0, 0.1) is 11.3 Å². The van der Waals surface area contributed by atoms with E-state index in [2.05, 4.69) is 11.1 Å². The smallest absolute Gasteiger partial charge is 0.260 e. The van der Waals surface area contributed by atoms with E-state index in [0.29, 0.717) is 5.56 Å². The van der Waals surface area contributed by atoms with Crippen LogP contribution in [0.4, 0.5) is 5.69 Å². The summed E-state index contributed by atoms with van der Waals surface area (Å²) in [5, 5.41) is 9.35. The van der Waals surface area contributed by atoms with Crippen molar-refractivity contribution in [2.45, 2.75) is 13.1 Å². The summed E-state index contributed by atoms with van der Waals surface area (Å²) in [6, 6.07) is 18.5. The zero-order valence-corrected chi connectivity index (χ0v) is 11.5. The second-order valence-corrected chi connectivity index (χ2v) is 4.78. The highest BCUT2D eigenvalue weighted by molar-refractivity contribution is 6.14. The molecule has 2 aromatic rings. The number of carbonyl (C=O) groups is 1. The van der Waals surface area contributed by atoms with Gasteiger partial charge in [0.05, 0.1) is 5.69 Å². The van der Waals surface area contributed by atoms with Crippen LogP contribution in [0.25, 0.3) is 0 Å². The summed E-state index contributed by atoms with van der Waals surface area (Å²) in [6.07, 6.45) is -0.826. The molecule has 1 unspecified atom stereocenters. The van der Waals surface area contributed by atoms with Gasteiger partial charge in [-0.1, -0.05) is 36.4 Å². The van der Waals surface area contributed by atoms with Crippen molar-refractivity contribution in [3.05, 3.63) is 65.7 Å². The van der Waals surface area contributed by atoms with Gasteiger partial charge in [-0.3, -0.25) is 9.69 Å². The fraction of sp³-hybridized carbons (Fsp3) is 0.118. The molecule has 1 amide bonds. The van der Waals surface area contributed by atoms with Crippen LogP contribution < -0.4 is 4.90 Å². The Morgan fingerprint density at radius 3 is 2.52 bits per heavy atom. The molecule has 2 aromatic carbocycles. The van der Waals surface area contributed by atoms with Gasteiger partial charge < -0.3 is 0 Å². The van der Waals surface area contributed by atoms with Crippen LogP contribution in [0.1, 0.15) is 22.8 Å². The number of benzene rings is 2. The predicted octanol–water partition coefficient (Wildman–Crippen LogP) is 3.01. The van der Waals surface area contributed by atoms with E-state index < -0.39 is 6.17 Å². The molecular formula is C17H13N3O. The second-order valence-electron chi connectivity index (χ2n) is 4.78. The molecule has 1 atom stereocenters. The van der Waals surface area contributed by atoms with E-state index in [1.165, 1.54) is 4.90 Å². The highest BCUT2D eigenvalue weighted by atomic mass is 16.2. The second kappa shape index (κ2) is 5.22. The minimum atomic E-state index is -0.826. The SMILES string of the molecule is CC1=NC(C#N)N(C(=O)c2ccccc2)c2ccccc21. The van der Waals surface area contributed by atoms with Crippen molar-refractivity contribution in [3.63, 3.8) is 0 Å². The first-order valence-electron chi connectivity index (χ1n) is 6.64. The fourth-order valence-electron chi connectivity index (χ4n) is 2.46. The van der Waals surface area contributed by atoms with Gasteiger partial charge in [0.15, 0.2) is 0 Å². The molecule has 0 spiro atoms. The first kappa shape index (κ1) is 13.1. The van der Waals surface area contributed by atoms with Crippen LogP contribution in [0.3, 0.4) is 0 Å². The standard InChI is InChI=1S/C17H13N3O/c1-12-14-9-5-6-10-15(14)20(16(11-18)19-12)17(21)13-7-3-2-4-8-13/h2-10,16H,1H3. The minimum absolute atomic E-state index is 0.217. The maximum Gasteiger partial charge on any atom is 0.260 e. The Balaban J connectivity index is 2.12. The molecule has 4 nitrogen and oxygen atoms in total. The number of rotatable bonds is 1. The van der Waals surface area contributed by atoms with Crippen molar-refractivity contribution in [1.82, 2.24) is 0 Å². The molecule has 0 bridgehead atoms. The Hall–Kier alpha value is -2.93. The number of nitriles is 1.